The highest BCUT2D eigenvalue weighted by Crippen LogP contribution is 2.41. The van der Waals surface area contributed by atoms with Gasteiger partial charge in [0.1, 0.15) is 6.04 Å². The van der Waals surface area contributed by atoms with Crippen molar-refractivity contribution in [2.45, 2.75) is 50.6 Å². The molecule has 2 aromatic heterocycles. The van der Waals surface area contributed by atoms with E-state index in [0.717, 1.165) is 38.0 Å². The van der Waals surface area contributed by atoms with Crippen LogP contribution in [0.25, 0.3) is 0 Å². The molecule has 1 amide bonds. The largest absolute Gasteiger partial charge is 0.351 e. The maximum Gasteiger partial charge on any atom is 0.251 e. The summed E-state index contributed by atoms with van der Waals surface area (Å²) < 4.78 is 6.61. The van der Waals surface area contributed by atoms with E-state index in [1.807, 2.05) is 6.07 Å². The van der Waals surface area contributed by atoms with Crippen LogP contribution in [0.2, 0.25) is 0 Å². The number of amides is 1. The van der Waals surface area contributed by atoms with Gasteiger partial charge in [-0.15, -0.1) is 0 Å². The molecule has 2 aromatic rings. The van der Waals surface area contributed by atoms with Gasteiger partial charge in [0, 0.05) is 43.2 Å². The molecule has 2 bridgehead atoms. The summed E-state index contributed by atoms with van der Waals surface area (Å²) in [6, 6.07) is 4.87. The summed E-state index contributed by atoms with van der Waals surface area (Å²) in [7, 11) is 0. The van der Waals surface area contributed by atoms with E-state index >= 15 is 0 Å². The molecule has 1 fully saturated rings. The quantitative estimate of drug-likeness (QED) is 0.760. The summed E-state index contributed by atoms with van der Waals surface area (Å²) in [6.45, 7) is 2.71. The molecule has 1 N–H and O–H groups in total. The van der Waals surface area contributed by atoms with Crippen LogP contribution in [0.3, 0.4) is 0 Å². The molecule has 1 saturated heterocycles. The lowest BCUT2D eigenvalue weighted by Crippen LogP contribution is -2.53. The van der Waals surface area contributed by atoms with Gasteiger partial charge >= 0.3 is 0 Å². The van der Waals surface area contributed by atoms with Crippen LogP contribution in [-0.2, 0) is 11.3 Å². The number of likely N-dealkylation sites (tertiary alicyclic amines) is 1. The lowest BCUT2D eigenvalue weighted by Gasteiger charge is -2.46. The predicted molar refractivity (Wildman–Crippen MR) is 110 cm³/mol. The third-order valence-electron chi connectivity index (χ3n) is 6.64. The molecule has 2 aliphatic heterocycles. The third-order valence-corrected chi connectivity index (χ3v) is 6.64. The van der Waals surface area contributed by atoms with Crippen molar-refractivity contribution in [3.05, 3.63) is 58.1 Å². The molecule has 0 radical (unpaired) electrons. The SMILES string of the molecule is O=C(NCC1=CCCCC1)[C@H]1[C@H]2C[C@H](CN(Cc3ncon3)C2)c2cccc(=O)n21. The number of carbonyl (C=O) groups excluding carboxylic acids is 1. The molecule has 0 aromatic carbocycles. The zero-order valence-corrected chi connectivity index (χ0v) is 17.0. The Morgan fingerprint density at radius 3 is 3.00 bits per heavy atom. The first-order chi connectivity index (χ1) is 14.7. The summed E-state index contributed by atoms with van der Waals surface area (Å²) in [5.74, 6) is 0.879. The number of hydrogen-bond donors (Lipinski definition) is 1. The van der Waals surface area contributed by atoms with Crippen molar-refractivity contribution in [3.63, 3.8) is 0 Å². The molecule has 8 heteroatoms. The fourth-order valence-electron chi connectivity index (χ4n) is 5.33. The number of aromatic nitrogens is 3. The predicted octanol–water partition coefficient (Wildman–Crippen LogP) is 2.01. The zero-order chi connectivity index (χ0) is 20.5. The number of hydrogen-bond acceptors (Lipinski definition) is 6. The van der Waals surface area contributed by atoms with Gasteiger partial charge in [-0.25, -0.2) is 0 Å². The highest BCUT2D eigenvalue weighted by molar-refractivity contribution is 5.81. The van der Waals surface area contributed by atoms with E-state index in [4.69, 9.17) is 4.52 Å². The number of nitrogens with one attached hydrogen (secondary N) is 1. The van der Waals surface area contributed by atoms with Gasteiger partial charge in [0.25, 0.3) is 5.56 Å². The van der Waals surface area contributed by atoms with Crippen LogP contribution < -0.4 is 10.9 Å². The minimum Gasteiger partial charge on any atom is -0.351 e. The Morgan fingerprint density at radius 1 is 1.27 bits per heavy atom. The van der Waals surface area contributed by atoms with Gasteiger partial charge in [-0.2, -0.15) is 4.98 Å². The Balaban J connectivity index is 1.40. The first-order valence-electron chi connectivity index (χ1n) is 10.8. The summed E-state index contributed by atoms with van der Waals surface area (Å²) in [5, 5.41) is 7.06. The fourth-order valence-corrected chi connectivity index (χ4v) is 5.33. The van der Waals surface area contributed by atoms with Crippen molar-refractivity contribution >= 4 is 5.91 Å². The maximum atomic E-state index is 13.3. The van der Waals surface area contributed by atoms with Crippen LogP contribution in [-0.4, -0.2) is 45.1 Å². The maximum absolute atomic E-state index is 13.3. The van der Waals surface area contributed by atoms with Gasteiger partial charge in [-0.3, -0.25) is 19.1 Å². The second-order valence-electron chi connectivity index (χ2n) is 8.66. The van der Waals surface area contributed by atoms with Crippen LogP contribution in [0.1, 0.15) is 55.6 Å². The molecule has 158 valence electrons. The molecule has 0 saturated carbocycles. The molecule has 4 heterocycles. The average Bonchev–Trinajstić information content (AvgIpc) is 3.27. The highest BCUT2D eigenvalue weighted by atomic mass is 16.5. The van der Waals surface area contributed by atoms with E-state index in [1.165, 1.54) is 24.8 Å². The Morgan fingerprint density at radius 2 is 2.20 bits per heavy atom. The van der Waals surface area contributed by atoms with Gasteiger partial charge in [-0.05, 0) is 38.2 Å². The summed E-state index contributed by atoms with van der Waals surface area (Å²) >= 11 is 0. The number of pyridine rings is 1. The van der Waals surface area contributed by atoms with Crippen LogP contribution in [0.4, 0.5) is 0 Å². The Hall–Kier alpha value is -2.74. The van der Waals surface area contributed by atoms with Gasteiger partial charge < -0.3 is 9.84 Å². The van der Waals surface area contributed by atoms with Crippen LogP contribution in [0, 0.1) is 5.92 Å². The van der Waals surface area contributed by atoms with Crippen LogP contribution >= 0.6 is 0 Å². The van der Waals surface area contributed by atoms with E-state index in [1.54, 1.807) is 16.7 Å². The third kappa shape index (κ3) is 3.71. The second kappa shape index (κ2) is 8.18. The number of piperidine rings is 1. The van der Waals surface area contributed by atoms with Gasteiger partial charge in [0.15, 0.2) is 5.82 Å². The minimum atomic E-state index is -0.484. The van der Waals surface area contributed by atoms with Crippen molar-refractivity contribution in [2.24, 2.45) is 5.92 Å². The molecule has 5 rings (SSSR count). The number of carbonyl (C=O) groups is 1. The molecule has 8 nitrogen and oxygen atoms in total. The Labute approximate surface area is 175 Å². The molecule has 3 atom stereocenters. The molecule has 1 aliphatic carbocycles. The van der Waals surface area contributed by atoms with Gasteiger partial charge in [-0.1, -0.05) is 22.9 Å². The second-order valence-corrected chi connectivity index (χ2v) is 8.66. The van der Waals surface area contributed by atoms with E-state index in [-0.39, 0.29) is 23.3 Å². The molecule has 0 spiro atoms. The lowest BCUT2D eigenvalue weighted by molar-refractivity contribution is -0.127. The van der Waals surface area contributed by atoms with Gasteiger partial charge in [0.2, 0.25) is 12.3 Å². The van der Waals surface area contributed by atoms with E-state index in [0.29, 0.717) is 18.9 Å². The first kappa shape index (κ1) is 19.2. The van der Waals surface area contributed by atoms with Crippen molar-refractivity contribution in [1.82, 2.24) is 24.9 Å². The van der Waals surface area contributed by atoms with Crippen molar-refractivity contribution < 1.29 is 9.32 Å². The number of nitrogens with zero attached hydrogens (tertiary/aromatic N) is 4. The molecular formula is C22H27N5O3. The average molecular weight is 409 g/mol. The normalized spacial score (nSPS) is 26.0. The number of rotatable bonds is 5. The summed E-state index contributed by atoms with van der Waals surface area (Å²) in [4.78, 5) is 32.5. The fraction of sp³-hybridized carbons (Fsp3) is 0.545. The molecule has 0 unspecified atom stereocenters. The number of allylic oxidation sites excluding steroid dienone is 1. The Kier molecular flexibility index (Phi) is 5.25. The summed E-state index contributed by atoms with van der Waals surface area (Å²) in [5.41, 5.74) is 2.16. The monoisotopic (exact) mass is 409 g/mol. The van der Waals surface area contributed by atoms with Crippen LogP contribution in [0.5, 0.6) is 0 Å². The lowest BCUT2D eigenvalue weighted by atomic mass is 9.78. The van der Waals surface area contributed by atoms with Crippen molar-refractivity contribution in [1.29, 1.82) is 0 Å². The van der Waals surface area contributed by atoms with E-state index < -0.39 is 6.04 Å². The standard InChI is InChI=1S/C22H27N5O3/c28-20-8-4-7-18-16-9-17(12-26(11-16)13-19-24-14-30-25-19)21(27(18)20)22(29)23-10-15-5-2-1-3-6-15/h4-5,7-8,14,16-17,21H,1-3,6,9-13H2,(H,23,29)/t16-,17+,21-/m1/s1. The van der Waals surface area contributed by atoms with Crippen molar-refractivity contribution in [3.8, 4) is 0 Å². The molecular weight excluding hydrogens is 382 g/mol. The first-order valence-corrected chi connectivity index (χ1v) is 10.8. The topological polar surface area (TPSA) is 93.3 Å². The van der Waals surface area contributed by atoms with Crippen LogP contribution in [0.15, 0.2) is 45.6 Å². The van der Waals surface area contributed by atoms with E-state index in [2.05, 4.69) is 26.4 Å². The van der Waals surface area contributed by atoms with Gasteiger partial charge in [0.05, 0.1) is 6.54 Å². The van der Waals surface area contributed by atoms with Crippen molar-refractivity contribution in [2.75, 3.05) is 19.6 Å². The smallest absolute Gasteiger partial charge is 0.251 e. The van der Waals surface area contributed by atoms with E-state index in [9.17, 15) is 9.59 Å². The minimum absolute atomic E-state index is 0.0547. The summed E-state index contributed by atoms with van der Waals surface area (Å²) in [6.07, 6.45) is 9.04. The highest BCUT2D eigenvalue weighted by Gasteiger charge is 2.43. The molecule has 30 heavy (non-hydrogen) atoms. The molecule has 3 aliphatic rings. The zero-order valence-electron chi connectivity index (χ0n) is 17.0. The Bertz CT molecular complexity index is 996. The number of fused-ring (bicyclic) bond motifs is 4.